The Morgan fingerprint density at radius 2 is 1.59 bits per heavy atom. The van der Waals surface area contributed by atoms with Crippen LogP contribution in [0.1, 0.15) is 5.89 Å². The van der Waals surface area contributed by atoms with Gasteiger partial charge in [-0.25, -0.2) is 4.98 Å². The normalized spacial score (nSPS) is 10.7. The summed E-state index contributed by atoms with van der Waals surface area (Å²) in [6.07, 6.45) is 0. The van der Waals surface area contributed by atoms with Crippen LogP contribution in [0.4, 0.5) is 0 Å². The third-order valence-corrected chi connectivity index (χ3v) is 5.69. The van der Waals surface area contributed by atoms with E-state index in [9.17, 15) is 4.79 Å². The number of nitrogens with one attached hydrogen (secondary N) is 1. The van der Waals surface area contributed by atoms with Crippen LogP contribution < -0.4 is 24.5 Å². The van der Waals surface area contributed by atoms with Crippen molar-refractivity contribution in [3.8, 4) is 45.6 Å². The van der Waals surface area contributed by atoms with Gasteiger partial charge in [-0.3, -0.25) is 4.79 Å². The molecule has 176 valence electrons. The molecule has 0 unspecified atom stereocenters. The summed E-state index contributed by atoms with van der Waals surface area (Å²) < 4.78 is 26.7. The van der Waals surface area contributed by atoms with E-state index in [0.717, 1.165) is 11.3 Å². The van der Waals surface area contributed by atoms with Crippen molar-refractivity contribution < 1.29 is 23.5 Å². The summed E-state index contributed by atoms with van der Waals surface area (Å²) in [7, 11) is 6.20. The van der Waals surface area contributed by atoms with Crippen molar-refractivity contribution in [1.82, 2.24) is 20.1 Å². The van der Waals surface area contributed by atoms with Gasteiger partial charge in [0.2, 0.25) is 17.5 Å². The highest BCUT2D eigenvalue weighted by atomic mass is 32.2. The van der Waals surface area contributed by atoms with Crippen molar-refractivity contribution in [1.29, 1.82) is 0 Å². The molecule has 4 rings (SSSR count). The average molecular weight is 483 g/mol. The first-order valence-corrected chi connectivity index (χ1v) is 11.0. The van der Waals surface area contributed by atoms with Crippen LogP contribution in [-0.2, 0) is 5.75 Å². The molecule has 0 amide bonds. The summed E-state index contributed by atoms with van der Waals surface area (Å²) in [6.45, 7) is 0. The highest BCUT2D eigenvalue weighted by molar-refractivity contribution is 7.98. The zero-order valence-electron chi connectivity index (χ0n) is 18.9. The molecule has 0 spiro atoms. The maximum absolute atomic E-state index is 12.2. The monoisotopic (exact) mass is 482 g/mol. The second-order valence-electron chi connectivity index (χ2n) is 6.88. The van der Waals surface area contributed by atoms with Crippen LogP contribution in [0.2, 0.25) is 0 Å². The number of aromatic nitrogens is 4. The van der Waals surface area contributed by atoms with E-state index in [1.54, 1.807) is 19.2 Å². The molecular formula is C23H22N4O6S. The highest BCUT2D eigenvalue weighted by Gasteiger charge is 2.17. The molecule has 0 aliphatic heterocycles. The van der Waals surface area contributed by atoms with Gasteiger partial charge in [-0.1, -0.05) is 16.9 Å². The molecule has 11 heteroatoms. The van der Waals surface area contributed by atoms with Crippen molar-refractivity contribution in [2.24, 2.45) is 0 Å². The Morgan fingerprint density at radius 3 is 2.21 bits per heavy atom. The van der Waals surface area contributed by atoms with Crippen molar-refractivity contribution in [3.63, 3.8) is 0 Å². The van der Waals surface area contributed by atoms with Gasteiger partial charge in [0.1, 0.15) is 5.75 Å². The molecule has 0 radical (unpaired) electrons. The van der Waals surface area contributed by atoms with Gasteiger partial charge in [0.25, 0.3) is 5.56 Å². The van der Waals surface area contributed by atoms with Gasteiger partial charge in [-0.2, -0.15) is 4.98 Å². The second-order valence-corrected chi connectivity index (χ2v) is 7.84. The topological polar surface area (TPSA) is 122 Å². The zero-order chi connectivity index (χ0) is 24.1. The number of hydrogen-bond donors (Lipinski definition) is 1. The molecule has 0 saturated carbocycles. The van der Waals surface area contributed by atoms with E-state index >= 15 is 0 Å². The molecule has 0 bridgehead atoms. The SMILES string of the molecule is COc1ccc(-c2cc(=O)[nH]c(SCc3nc(-c4cc(OC)c(OC)c(OC)c4)no3)n2)cc1. The summed E-state index contributed by atoms with van der Waals surface area (Å²) >= 11 is 1.28. The Kier molecular flexibility index (Phi) is 7.02. The fourth-order valence-corrected chi connectivity index (χ4v) is 3.90. The molecule has 0 saturated heterocycles. The van der Waals surface area contributed by atoms with Gasteiger partial charge >= 0.3 is 0 Å². The number of nitrogens with zero attached hydrogens (tertiary/aromatic N) is 3. The first kappa shape index (κ1) is 23.2. The fourth-order valence-electron chi connectivity index (χ4n) is 3.18. The van der Waals surface area contributed by atoms with Crippen LogP contribution in [0.5, 0.6) is 23.0 Å². The van der Waals surface area contributed by atoms with Gasteiger partial charge < -0.3 is 28.5 Å². The van der Waals surface area contributed by atoms with E-state index in [4.69, 9.17) is 23.5 Å². The van der Waals surface area contributed by atoms with Crippen molar-refractivity contribution in [2.75, 3.05) is 28.4 Å². The molecule has 1 N–H and O–H groups in total. The van der Waals surface area contributed by atoms with E-state index < -0.39 is 0 Å². The Hall–Kier alpha value is -3.99. The molecule has 10 nitrogen and oxygen atoms in total. The number of aromatic amines is 1. The Bertz CT molecular complexity index is 1310. The third-order valence-electron chi connectivity index (χ3n) is 4.83. The molecule has 2 aromatic carbocycles. The van der Waals surface area contributed by atoms with Crippen LogP contribution >= 0.6 is 11.8 Å². The number of H-pyrrole nitrogens is 1. The molecule has 0 atom stereocenters. The summed E-state index contributed by atoms with van der Waals surface area (Å²) in [5, 5.41) is 4.48. The number of hydrogen-bond acceptors (Lipinski definition) is 10. The van der Waals surface area contributed by atoms with E-state index in [1.165, 1.54) is 39.2 Å². The molecule has 2 heterocycles. The number of benzene rings is 2. The second kappa shape index (κ2) is 10.3. The maximum atomic E-state index is 12.2. The summed E-state index contributed by atoms with van der Waals surface area (Å²) in [4.78, 5) is 23.9. The molecule has 34 heavy (non-hydrogen) atoms. The predicted molar refractivity (Wildman–Crippen MR) is 126 cm³/mol. The minimum atomic E-state index is -0.257. The number of ether oxygens (including phenoxy) is 4. The predicted octanol–water partition coefficient (Wildman–Crippen LogP) is 3.81. The smallest absolute Gasteiger partial charge is 0.252 e. The Morgan fingerprint density at radius 1 is 0.882 bits per heavy atom. The minimum Gasteiger partial charge on any atom is -0.497 e. The van der Waals surface area contributed by atoms with E-state index in [2.05, 4.69) is 20.1 Å². The van der Waals surface area contributed by atoms with E-state index in [1.807, 2.05) is 24.3 Å². The quantitative estimate of drug-likeness (QED) is 0.278. The van der Waals surface area contributed by atoms with Crippen LogP contribution in [0.25, 0.3) is 22.6 Å². The third kappa shape index (κ3) is 4.99. The molecule has 2 aromatic heterocycles. The lowest BCUT2D eigenvalue weighted by molar-refractivity contribution is 0.324. The van der Waals surface area contributed by atoms with Crippen LogP contribution in [-0.4, -0.2) is 48.5 Å². The summed E-state index contributed by atoms with van der Waals surface area (Å²) in [5.41, 5.74) is 1.74. The Labute approximate surface area is 199 Å². The summed E-state index contributed by atoms with van der Waals surface area (Å²) in [6, 6.07) is 12.2. The largest absolute Gasteiger partial charge is 0.497 e. The van der Waals surface area contributed by atoms with E-state index in [0.29, 0.717) is 51.1 Å². The van der Waals surface area contributed by atoms with Crippen LogP contribution in [0.15, 0.2) is 56.9 Å². The van der Waals surface area contributed by atoms with Gasteiger partial charge in [0, 0.05) is 17.2 Å². The zero-order valence-corrected chi connectivity index (χ0v) is 19.8. The maximum Gasteiger partial charge on any atom is 0.252 e. The number of rotatable bonds is 9. The lowest BCUT2D eigenvalue weighted by Gasteiger charge is -2.12. The molecular weight excluding hydrogens is 460 g/mol. The number of thioether (sulfide) groups is 1. The van der Waals surface area contributed by atoms with E-state index in [-0.39, 0.29) is 5.56 Å². The van der Waals surface area contributed by atoms with Crippen molar-refractivity contribution >= 4 is 11.8 Å². The molecule has 0 fully saturated rings. The van der Waals surface area contributed by atoms with Gasteiger partial charge in [0.15, 0.2) is 16.7 Å². The molecule has 0 aliphatic carbocycles. The van der Waals surface area contributed by atoms with Gasteiger partial charge in [-0.15, -0.1) is 0 Å². The Balaban J connectivity index is 1.52. The first-order chi connectivity index (χ1) is 16.5. The molecule has 0 aliphatic rings. The summed E-state index contributed by atoms with van der Waals surface area (Å²) in [5.74, 6) is 3.20. The van der Waals surface area contributed by atoms with Gasteiger partial charge in [-0.05, 0) is 36.4 Å². The standard InChI is InChI=1S/C23H22N4O6S/c1-29-15-7-5-13(6-8-15)16-11-19(28)25-23(24-16)34-12-20-26-22(27-33-20)14-9-17(30-2)21(32-4)18(10-14)31-3/h5-11H,12H2,1-4H3,(H,24,25,28). The highest BCUT2D eigenvalue weighted by Crippen LogP contribution is 2.40. The van der Waals surface area contributed by atoms with Gasteiger partial charge in [0.05, 0.1) is 39.9 Å². The minimum absolute atomic E-state index is 0.257. The van der Waals surface area contributed by atoms with Crippen molar-refractivity contribution in [2.45, 2.75) is 10.9 Å². The van der Waals surface area contributed by atoms with Crippen LogP contribution in [0.3, 0.4) is 0 Å². The van der Waals surface area contributed by atoms with Crippen molar-refractivity contribution in [3.05, 3.63) is 58.7 Å². The lowest BCUT2D eigenvalue weighted by Crippen LogP contribution is -2.08. The number of methoxy groups -OCH3 is 4. The fraction of sp³-hybridized carbons (Fsp3) is 0.217. The average Bonchev–Trinajstić information content (AvgIpc) is 3.35. The van der Waals surface area contributed by atoms with Crippen LogP contribution in [0, 0.1) is 0 Å². The molecule has 4 aromatic rings. The lowest BCUT2D eigenvalue weighted by atomic mass is 10.1. The first-order valence-electron chi connectivity index (χ1n) is 10.1.